The maximum Gasteiger partial charge on any atom is 0.171 e. The van der Waals surface area contributed by atoms with Crippen LogP contribution in [0.2, 0.25) is 0 Å². The Morgan fingerprint density at radius 3 is 2.21 bits per heavy atom. The lowest BCUT2D eigenvalue weighted by Crippen LogP contribution is -2.49. The Kier molecular flexibility index (Phi) is 5.56. The molecule has 2 heterocycles. The number of rotatable bonds is 4. The number of methoxy groups -OCH3 is 2. The van der Waals surface area contributed by atoms with Crippen molar-refractivity contribution in [3.63, 3.8) is 0 Å². The number of thiocarbonyl (C=S) groups is 1. The first-order valence-corrected chi connectivity index (χ1v) is 9.96. The average Bonchev–Trinajstić information content (AvgIpc) is 2.74. The Bertz CT molecular complexity index is 965. The third-order valence-corrected chi connectivity index (χ3v) is 5.51. The first-order valence-electron chi connectivity index (χ1n) is 9.55. The number of nitrogens with zero attached hydrogens (tertiary/aromatic N) is 1. The normalized spacial score (nSPS) is 20.7. The lowest BCUT2D eigenvalue weighted by atomic mass is 9.89. The maximum absolute atomic E-state index is 5.54. The van der Waals surface area contributed by atoms with Crippen LogP contribution in [0, 0.1) is 0 Å². The summed E-state index contributed by atoms with van der Waals surface area (Å²) in [5.41, 5.74) is 5.94. The van der Waals surface area contributed by atoms with Gasteiger partial charge < -0.3 is 20.1 Å². The third kappa shape index (κ3) is 4.13. The van der Waals surface area contributed by atoms with Crippen LogP contribution in [0.3, 0.4) is 0 Å². The molecule has 0 fully saturated rings. The number of hydrogen-bond acceptors (Lipinski definition) is 4. The molecule has 4 rings (SSSR count). The van der Waals surface area contributed by atoms with Gasteiger partial charge in [-0.15, -0.1) is 0 Å². The van der Waals surface area contributed by atoms with Crippen molar-refractivity contribution in [3.05, 3.63) is 76.5 Å². The summed E-state index contributed by atoms with van der Waals surface area (Å²) in [5, 5.41) is 7.50. The SMILES string of the molecule is COc1ccc(/C=C2\CN(C)CC3=C2NC(=S)N[C@@H]3c2ccc(OC)cc2)cc1. The summed E-state index contributed by atoms with van der Waals surface area (Å²) in [5.74, 6) is 1.70. The van der Waals surface area contributed by atoms with Gasteiger partial charge in [0, 0.05) is 18.8 Å². The molecule has 2 aliphatic rings. The number of benzene rings is 2. The van der Waals surface area contributed by atoms with Gasteiger partial charge in [0.05, 0.1) is 20.3 Å². The molecule has 5 nitrogen and oxygen atoms in total. The van der Waals surface area contributed by atoms with Gasteiger partial charge in [-0.2, -0.15) is 0 Å². The predicted octanol–water partition coefficient (Wildman–Crippen LogP) is 3.51. The molecule has 0 spiro atoms. The zero-order valence-electron chi connectivity index (χ0n) is 16.9. The molecule has 0 bridgehead atoms. The highest BCUT2D eigenvalue weighted by Gasteiger charge is 2.32. The Labute approximate surface area is 177 Å². The number of hydrogen-bond donors (Lipinski definition) is 2. The minimum Gasteiger partial charge on any atom is -0.497 e. The van der Waals surface area contributed by atoms with Gasteiger partial charge in [0.25, 0.3) is 0 Å². The van der Waals surface area contributed by atoms with Crippen molar-refractivity contribution in [1.29, 1.82) is 0 Å². The molecule has 0 radical (unpaired) electrons. The van der Waals surface area contributed by atoms with Crippen molar-refractivity contribution >= 4 is 23.4 Å². The fraction of sp³-hybridized carbons (Fsp3) is 0.261. The number of nitrogens with one attached hydrogen (secondary N) is 2. The summed E-state index contributed by atoms with van der Waals surface area (Å²) >= 11 is 5.54. The minimum absolute atomic E-state index is 0.0340. The van der Waals surface area contributed by atoms with E-state index in [0.717, 1.165) is 35.8 Å². The van der Waals surface area contributed by atoms with Gasteiger partial charge in [-0.1, -0.05) is 24.3 Å². The molecule has 2 N–H and O–H groups in total. The smallest absolute Gasteiger partial charge is 0.171 e. The van der Waals surface area contributed by atoms with Crippen molar-refractivity contribution in [1.82, 2.24) is 15.5 Å². The van der Waals surface area contributed by atoms with Gasteiger partial charge in [0.1, 0.15) is 11.5 Å². The molecule has 0 aliphatic carbocycles. The van der Waals surface area contributed by atoms with Crippen LogP contribution in [0.5, 0.6) is 11.5 Å². The van der Waals surface area contributed by atoms with Crippen LogP contribution in [-0.2, 0) is 0 Å². The molecule has 150 valence electrons. The highest BCUT2D eigenvalue weighted by atomic mass is 32.1. The third-order valence-electron chi connectivity index (χ3n) is 5.29. The second-order valence-electron chi connectivity index (χ2n) is 7.32. The summed E-state index contributed by atoms with van der Waals surface area (Å²) in [7, 11) is 5.50. The van der Waals surface area contributed by atoms with E-state index in [1.165, 1.54) is 16.7 Å². The van der Waals surface area contributed by atoms with Crippen molar-refractivity contribution in [2.24, 2.45) is 0 Å². The van der Waals surface area contributed by atoms with Gasteiger partial charge in [0.2, 0.25) is 0 Å². The topological polar surface area (TPSA) is 45.8 Å². The standard InChI is InChI=1S/C23H25N3O2S/c1-26-13-17(12-15-4-8-18(27-2)9-5-15)22-20(14-26)21(24-23(29)25-22)16-6-10-19(28-3)11-7-16/h4-12,21H,13-14H2,1-3H3,(H2,24,25,29)/b17-12+/t21-/m1/s1. The second-order valence-corrected chi connectivity index (χ2v) is 7.73. The number of likely N-dealkylation sites (N-methyl/N-ethyl adjacent to an activating group) is 1. The van der Waals surface area contributed by atoms with E-state index in [1.807, 2.05) is 24.3 Å². The largest absolute Gasteiger partial charge is 0.497 e. The maximum atomic E-state index is 5.54. The summed E-state index contributed by atoms with van der Waals surface area (Å²) in [6, 6.07) is 16.3. The quantitative estimate of drug-likeness (QED) is 0.757. The first-order chi connectivity index (χ1) is 14.1. The number of ether oxygens (including phenoxy) is 2. The fourth-order valence-corrected chi connectivity index (χ4v) is 4.09. The Morgan fingerprint density at radius 1 is 0.966 bits per heavy atom. The summed E-state index contributed by atoms with van der Waals surface area (Å²) in [6.45, 7) is 1.73. The predicted molar refractivity (Wildman–Crippen MR) is 120 cm³/mol. The van der Waals surface area contributed by atoms with Gasteiger partial charge in [-0.25, -0.2) is 0 Å². The first kappa shape index (κ1) is 19.5. The van der Waals surface area contributed by atoms with Crippen LogP contribution in [0.15, 0.2) is 65.4 Å². The van der Waals surface area contributed by atoms with Crippen LogP contribution < -0.4 is 20.1 Å². The average molecular weight is 408 g/mol. The van der Waals surface area contributed by atoms with E-state index < -0.39 is 0 Å². The molecule has 6 heteroatoms. The summed E-state index contributed by atoms with van der Waals surface area (Å²) < 4.78 is 10.6. The van der Waals surface area contributed by atoms with E-state index in [4.69, 9.17) is 21.7 Å². The Balaban J connectivity index is 1.74. The van der Waals surface area contributed by atoms with Crippen molar-refractivity contribution in [3.8, 4) is 11.5 Å². The highest BCUT2D eigenvalue weighted by Crippen LogP contribution is 2.34. The molecule has 0 unspecified atom stereocenters. The van der Waals surface area contributed by atoms with Crippen molar-refractivity contribution < 1.29 is 9.47 Å². The monoisotopic (exact) mass is 407 g/mol. The fourth-order valence-electron chi connectivity index (χ4n) is 3.87. The van der Waals surface area contributed by atoms with E-state index in [-0.39, 0.29) is 6.04 Å². The van der Waals surface area contributed by atoms with Crippen molar-refractivity contribution in [2.45, 2.75) is 6.04 Å². The lowest BCUT2D eigenvalue weighted by Gasteiger charge is -2.39. The van der Waals surface area contributed by atoms with Gasteiger partial charge in [-0.3, -0.25) is 4.90 Å². The molecule has 2 aliphatic heterocycles. The van der Waals surface area contributed by atoms with Crippen LogP contribution in [0.25, 0.3) is 6.08 Å². The van der Waals surface area contributed by atoms with Gasteiger partial charge in [0.15, 0.2) is 5.11 Å². The van der Waals surface area contributed by atoms with E-state index in [0.29, 0.717) is 5.11 Å². The molecule has 2 aromatic rings. The highest BCUT2D eigenvalue weighted by molar-refractivity contribution is 7.80. The van der Waals surface area contributed by atoms with Gasteiger partial charge >= 0.3 is 0 Å². The molecule has 0 aromatic heterocycles. The molecular weight excluding hydrogens is 382 g/mol. The Hall–Kier alpha value is -2.83. The zero-order valence-corrected chi connectivity index (χ0v) is 17.7. The van der Waals surface area contributed by atoms with Crippen LogP contribution in [0.1, 0.15) is 17.2 Å². The Morgan fingerprint density at radius 2 is 1.59 bits per heavy atom. The second kappa shape index (κ2) is 8.27. The molecule has 0 amide bonds. The van der Waals surface area contributed by atoms with Crippen LogP contribution >= 0.6 is 12.2 Å². The molecule has 0 saturated heterocycles. The zero-order chi connectivity index (χ0) is 20.4. The van der Waals surface area contributed by atoms with Crippen LogP contribution in [0.4, 0.5) is 0 Å². The van der Waals surface area contributed by atoms with Crippen LogP contribution in [-0.4, -0.2) is 44.4 Å². The van der Waals surface area contributed by atoms with Crippen molar-refractivity contribution in [2.75, 3.05) is 34.4 Å². The molecule has 29 heavy (non-hydrogen) atoms. The van der Waals surface area contributed by atoms with E-state index in [2.05, 4.69) is 52.9 Å². The summed E-state index contributed by atoms with van der Waals surface area (Å²) in [4.78, 5) is 2.32. The molecule has 2 aromatic carbocycles. The van der Waals surface area contributed by atoms with E-state index in [1.54, 1.807) is 14.2 Å². The lowest BCUT2D eigenvalue weighted by molar-refractivity contribution is 0.364. The molecule has 0 saturated carbocycles. The molecule has 1 atom stereocenters. The molecular formula is C23H25N3O2S. The minimum atomic E-state index is 0.0340. The van der Waals surface area contributed by atoms with Gasteiger partial charge in [-0.05, 0) is 71.9 Å². The summed E-state index contributed by atoms with van der Waals surface area (Å²) in [6.07, 6.45) is 2.22. The van der Waals surface area contributed by atoms with E-state index in [9.17, 15) is 0 Å². The van der Waals surface area contributed by atoms with E-state index >= 15 is 0 Å².